The number of benzene rings is 2. The Morgan fingerprint density at radius 3 is 2.50 bits per heavy atom. The molecule has 0 saturated heterocycles. The van der Waals surface area contributed by atoms with Crippen molar-refractivity contribution in [3.8, 4) is 0 Å². The largest absolute Gasteiger partial charge is 0.461 e. The van der Waals surface area contributed by atoms with Gasteiger partial charge in [-0.25, -0.2) is 0 Å². The van der Waals surface area contributed by atoms with E-state index in [1.807, 2.05) is 42.5 Å². The maximum Gasteiger partial charge on any atom is 0.306 e. The van der Waals surface area contributed by atoms with E-state index < -0.39 is 0 Å². The van der Waals surface area contributed by atoms with Crippen molar-refractivity contribution in [2.75, 3.05) is 5.73 Å². The smallest absolute Gasteiger partial charge is 0.306 e. The molecule has 0 fully saturated rings. The molecule has 104 valence electrons. The normalized spacial score (nSPS) is 10.2. The number of hydrogen-bond acceptors (Lipinski definition) is 3. The Hall–Kier alpha value is -2.00. The lowest BCUT2D eigenvalue weighted by molar-refractivity contribution is -0.144. The molecule has 0 aromatic heterocycles. The van der Waals surface area contributed by atoms with Crippen LogP contribution >= 0.6 is 11.6 Å². The van der Waals surface area contributed by atoms with Gasteiger partial charge in [0, 0.05) is 22.7 Å². The van der Waals surface area contributed by atoms with Gasteiger partial charge in [-0.1, -0.05) is 41.9 Å². The molecule has 0 amide bonds. The van der Waals surface area contributed by atoms with E-state index in [2.05, 4.69) is 0 Å². The monoisotopic (exact) mass is 289 g/mol. The van der Waals surface area contributed by atoms with Crippen molar-refractivity contribution in [1.29, 1.82) is 0 Å². The second-order valence-corrected chi connectivity index (χ2v) is 4.90. The van der Waals surface area contributed by atoms with Crippen LogP contribution in [0.5, 0.6) is 0 Å². The zero-order valence-corrected chi connectivity index (χ0v) is 11.8. The molecule has 0 aliphatic carbocycles. The lowest BCUT2D eigenvalue weighted by Gasteiger charge is -2.06. The van der Waals surface area contributed by atoms with Crippen LogP contribution in [-0.2, 0) is 22.6 Å². The fraction of sp³-hybridized carbons (Fsp3) is 0.188. The van der Waals surface area contributed by atoms with Crippen molar-refractivity contribution >= 4 is 23.3 Å². The summed E-state index contributed by atoms with van der Waals surface area (Å²) < 4.78 is 5.21. The van der Waals surface area contributed by atoms with Gasteiger partial charge in [0.15, 0.2) is 0 Å². The van der Waals surface area contributed by atoms with Gasteiger partial charge in [-0.2, -0.15) is 0 Å². The van der Waals surface area contributed by atoms with Crippen LogP contribution in [0.25, 0.3) is 0 Å². The SMILES string of the molecule is Nc1ccc(CCC(=O)OCc2ccccc2Cl)cc1. The number of carbonyl (C=O) groups excluding carboxylic acids is 1. The Labute approximate surface area is 123 Å². The molecular formula is C16H16ClNO2. The number of rotatable bonds is 5. The Morgan fingerprint density at radius 1 is 1.10 bits per heavy atom. The number of nitrogen functional groups attached to an aromatic ring is 1. The summed E-state index contributed by atoms with van der Waals surface area (Å²) in [5.74, 6) is -0.234. The zero-order chi connectivity index (χ0) is 14.4. The summed E-state index contributed by atoms with van der Waals surface area (Å²) in [7, 11) is 0. The van der Waals surface area contributed by atoms with E-state index in [-0.39, 0.29) is 12.6 Å². The van der Waals surface area contributed by atoms with Crippen molar-refractivity contribution in [2.45, 2.75) is 19.4 Å². The summed E-state index contributed by atoms with van der Waals surface area (Å²) in [5, 5.41) is 0.610. The summed E-state index contributed by atoms with van der Waals surface area (Å²) in [6.07, 6.45) is 0.982. The summed E-state index contributed by atoms with van der Waals surface area (Å²) in [4.78, 5) is 11.7. The molecule has 2 N–H and O–H groups in total. The molecule has 0 saturated carbocycles. The minimum absolute atomic E-state index is 0.209. The molecule has 0 spiro atoms. The number of hydrogen-bond donors (Lipinski definition) is 1. The average molecular weight is 290 g/mol. The third-order valence-electron chi connectivity index (χ3n) is 2.94. The first-order valence-corrected chi connectivity index (χ1v) is 6.76. The lowest BCUT2D eigenvalue weighted by Crippen LogP contribution is -2.06. The van der Waals surface area contributed by atoms with Crippen LogP contribution in [0.1, 0.15) is 17.5 Å². The number of carbonyl (C=O) groups is 1. The second kappa shape index (κ2) is 6.96. The van der Waals surface area contributed by atoms with Crippen molar-refractivity contribution in [2.24, 2.45) is 0 Å². The van der Waals surface area contributed by atoms with Gasteiger partial charge in [-0.05, 0) is 30.2 Å². The van der Waals surface area contributed by atoms with Gasteiger partial charge in [0.25, 0.3) is 0 Å². The van der Waals surface area contributed by atoms with Crippen molar-refractivity contribution in [1.82, 2.24) is 0 Å². The van der Waals surface area contributed by atoms with Gasteiger partial charge < -0.3 is 10.5 Å². The van der Waals surface area contributed by atoms with Gasteiger partial charge in [0.1, 0.15) is 6.61 Å². The molecule has 2 aromatic carbocycles. The predicted molar refractivity (Wildman–Crippen MR) is 80.4 cm³/mol. The molecule has 0 atom stereocenters. The van der Waals surface area contributed by atoms with Gasteiger partial charge in [0.05, 0.1) is 0 Å². The van der Waals surface area contributed by atoms with Crippen LogP contribution in [0.4, 0.5) is 5.69 Å². The highest BCUT2D eigenvalue weighted by molar-refractivity contribution is 6.31. The van der Waals surface area contributed by atoms with Gasteiger partial charge in [0.2, 0.25) is 0 Å². The number of halogens is 1. The number of ether oxygens (including phenoxy) is 1. The third-order valence-corrected chi connectivity index (χ3v) is 3.31. The van der Waals surface area contributed by atoms with Crippen molar-refractivity contribution < 1.29 is 9.53 Å². The van der Waals surface area contributed by atoms with E-state index in [9.17, 15) is 4.79 Å². The average Bonchev–Trinajstić information content (AvgIpc) is 2.46. The molecule has 0 aliphatic rings. The topological polar surface area (TPSA) is 52.3 Å². The van der Waals surface area contributed by atoms with Crippen LogP contribution in [0, 0.1) is 0 Å². The van der Waals surface area contributed by atoms with Crippen LogP contribution in [0.3, 0.4) is 0 Å². The molecule has 3 nitrogen and oxygen atoms in total. The zero-order valence-electron chi connectivity index (χ0n) is 11.0. The molecule has 0 bridgehead atoms. The summed E-state index contributed by atoms with van der Waals surface area (Å²) in [6.45, 7) is 0.209. The highest BCUT2D eigenvalue weighted by atomic mass is 35.5. The second-order valence-electron chi connectivity index (χ2n) is 4.49. The maximum atomic E-state index is 11.7. The molecule has 0 unspecified atom stereocenters. The van der Waals surface area contributed by atoms with Crippen LogP contribution in [0.15, 0.2) is 48.5 Å². The first-order valence-electron chi connectivity index (χ1n) is 6.38. The molecule has 0 heterocycles. The van der Waals surface area contributed by atoms with Crippen LogP contribution < -0.4 is 5.73 Å². The van der Waals surface area contributed by atoms with Crippen molar-refractivity contribution in [3.63, 3.8) is 0 Å². The fourth-order valence-electron chi connectivity index (χ4n) is 1.78. The molecule has 2 aromatic rings. The number of anilines is 1. The van der Waals surface area contributed by atoms with E-state index >= 15 is 0 Å². The quantitative estimate of drug-likeness (QED) is 0.676. The Balaban J connectivity index is 1.78. The standard InChI is InChI=1S/C16H16ClNO2/c17-15-4-2-1-3-13(15)11-20-16(19)10-7-12-5-8-14(18)9-6-12/h1-6,8-9H,7,10-11,18H2. The van der Waals surface area contributed by atoms with Crippen molar-refractivity contribution in [3.05, 3.63) is 64.7 Å². The van der Waals surface area contributed by atoms with E-state index in [4.69, 9.17) is 22.1 Å². The maximum absolute atomic E-state index is 11.7. The van der Waals surface area contributed by atoms with E-state index in [1.54, 1.807) is 6.07 Å². The highest BCUT2D eigenvalue weighted by Crippen LogP contribution is 2.16. The molecule has 20 heavy (non-hydrogen) atoms. The molecular weight excluding hydrogens is 274 g/mol. The predicted octanol–water partition coefficient (Wildman–Crippen LogP) is 3.60. The van der Waals surface area contributed by atoms with E-state index in [1.165, 1.54) is 0 Å². The Bertz CT molecular complexity index is 581. The van der Waals surface area contributed by atoms with Crippen LogP contribution in [-0.4, -0.2) is 5.97 Å². The number of aryl methyl sites for hydroxylation is 1. The number of esters is 1. The molecule has 4 heteroatoms. The summed E-state index contributed by atoms with van der Waals surface area (Å²) >= 11 is 5.99. The molecule has 0 aliphatic heterocycles. The molecule has 0 radical (unpaired) electrons. The summed E-state index contributed by atoms with van der Waals surface area (Å²) in [5.41, 5.74) is 8.20. The molecule has 2 rings (SSSR count). The van der Waals surface area contributed by atoms with E-state index in [0.717, 1.165) is 16.8 Å². The van der Waals surface area contributed by atoms with Gasteiger partial charge >= 0.3 is 5.97 Å². The summed E-state index contributed by atoms with van der Waals surface area (Å²) in [6, 6.07) is 14.8. The fourth-order valence-corrected chi connectivity index (χ4v) is 1.97. The third kappa shape index (κ3) is 4.28. The Kier molecular flexibility index (Phi) is 5.02. The number of nitrogens with two attached hydrogens (primary N) is 1. The first-order chi connectivity index (χ1) is 9.65. The highest BCUT2D eigenvalue weighted by Gasteiger charge is 2.06. The van der Waals surface area contributed by atoms with E-state index in [0.29, 0.717) is 17.9 Å². The first kappa shape index (κ1) is 14.4. The van der Waals surface area contributed by atoms with Gasteiger partial charge in [-0.15, -0.1) is 0 Å². The Morgan fingerprint density at radius 2 is 1.80 bits per heavy atom. The lowest BCUT2D eigenvalue weighted by atomic mass is 10.1. The van der Waals surface area contributed by atoms with Crippen LogP contribution in [0.2, 0.25) is 5.02 Å². The minimum Gasteiger partial charge on any atom is -0.461 e. The minimum atomic E-state index is -0.234. The van der Waals surface area contributed by atoms with Gasteiger partial charge in [-0.3, -0.25) is 4.79 Å².